The molecule has 0 amide bonds. The van der Waals surface area contributed by atoms with Crippen molar-refractivity contribution in [1.82, 2.24) is 0 Å². The summed E-state index contributed by atoms with van der Waals surface area (Å²) >= 11 is 0. The molecule has 0 aromatic heterocycles. The molecule has 5 heteroatoms. The Labute approximate surface area is 63.5 Å². The van der Waals surface area contributed by atoms with Gasteiger partial charge in [-0.1, -0.05) is 0 Å². The lowest BCUT2D eigenvalue weighted by Gasteiger charge is -2.32. The van der Waals surface area contributed by atoms with Crippen LogP contribution >= 0.6 is 0 Å². The van der Waals surface area contributed by atoms with Gasteiger partial charge in [-0.2, -0.15) is 0 Å². The average Bonchev–Trinajstić information content (AvgIpc) is 2.01. The van der Waals surface area contributed by atoms with Crippen molar-refractivity contribution in [2.75, 3.05) is 13.7 Å². The number of alkyl halides is 1. The van der Waals surface area contributed by atoms with Crippen LogP contribution in [0, 0.1) is 0 Å². The highest BCUT2D eigenvalue weighted by Crippen LogP contribution is 2.17. The topological polar surface area (TPSA) is 58.9 Å². The molecular weight excluding hydrogens is 155 g/mol. The van der Waals surface area contributed by atoms with Crippen LogP contribution in [0.2, 0.25) is 0 Å². The van der Waals surface area contributed by atoms with Crippen molar-refractivity contribution in [2.45, 2.75) is 24.7 Å². The summed E-state index contributed by atoms with van der Waals surface area (Å²) in [6.07, 6.45) is -5.16. The van der Waals surface area contributed by atoms with Crippen molar-refractivity contribution in [3.8, 4) is 0 Å². The van der Waals surface area contributed by atoms with Crippen molar-refractivity contribution in [1.29, 1.82) is 0 Å². The van der Waals surface area contributed by atoms with Crippen molar-refractivity contribution >= 4 is 0 Å². The molecule has 0 spiro atoms. The van der Waals surface area contributed by atoms with Gasteiger partial charge in [0.05, 0.1) is 6.61 Å². The lowest BCUT2D eigenvalue weighted by Crippen LogP contribution is -2.51. The van der Waals surface area contributed by atoms with E-state index in [2.05, 4.69) is 4.74 Å². The van der Waals surface area contributed by atoms with Crippen LogP contribution in [-0.2, 0) is 9.47 Å². The maximum atomic E-state index is 12.5. The standard InChI is InChI=1S/C6H11FO4/c1-10-6-5(9)4(8)3(7)2-11-6/h3-6,8-9H,2H2,1H3/t3-,4-,5-,6+/m1/s1. The Balaban J connectivity index is 2.52. The number of hydrogen-bond acceptors (Lipinski definition) is 4. The monoisotopic (exact) mass is 166 g/mol. The zero-order valence-corrected chi connectivity index (χ0v) is 6.11. The molecule has 1 saturated heterocycles. The third-order valence-electron chi connectivity index (χ3n) is 1.65. The SMILES string of the molecule is CO[C@H]1OC[C@@H](F)[C@@H](O)[C@H]1O. The van der Waals surface area contributed by atoms with E-state index in [0.29, 0.717) is 0 Å². The number of methoxy groups -OCH3 is 1. The molecule has 66 valence electrons. The zero-order chi connectivity index (χ0) is 8.43. The molecule has 0 radical (unpaired) electrons. The van der Waals surface area contributed by atoms with Crippen LogP contribution in [0.25, 0.3) is 0 Å². The fourth-order valence-corrected chi connectivity index (χ4v) is 0.966. The third kappa shape index (κ3) is 1.67. The Morgan fingerprint density at radius 3 is 2.64 bits per heavy atom. The first-order valence-corrected chi connectivity index (χ1v) is 3.31. The molecule has 0 aromatic rings. The highest BCUT2D eigenvalue weighted by molar-refractivity contribution is 4.82. The van der Waals surface area contributed by atoms with Gasteiger partial charge in [0.25, 0.3) is 0 Å². The first-order valence-electron chi connectivity index (χ1n) is 3.31. The van der Waals surface area contributed by atoms with Gasteiger partial charge >= 0.3 is 0 Å². The molecule has 1 heterocycles. The van der Waals surface area contributed by atoms with E-state index in [-0.39, 0.29) is 6.61 Å². The molecule has 1 aliphatic rings. The maximum Gasteiger partial charge on any atom is 0.185 e. The van der Waals surface area contributed by atoms with Gasteiger partial charge in [0.15, 0.2) is 12.5 Å². The molecule has 4 atom stereocenters. The van der Waals surface area contributed by atoms with Gasteiger partial charge in [-0.3, -0.25) is 0 Å². The van der Waals surface area contributed by atoms with Crippen LogP contribution < -0.4 is 0 Å². The van der Waals surface area contributed by atoms with Crippen molar-refractivity contribution in [3.05, 3.63) is 0 Å². The van der Waals surface area contributed by atoms with Gasteiger partial charge in [0.2, 0.25) is 0 Å². The van der Waals surface area contributed by atoms with E-state index in [0.717, 1.165) is 0 Å². The van der Waals surface area contributed by atoms with E-state index in [1.54, 1.807) is 0 Å². The second kappa shape index (κ2) is 3.44. The summed E-state index contributed by atoms with van der Waals surface area (Å²) in [4.78, 5) is 0. The van der Waals surface area contributed by atoms with Crippen LogP contribution in [0.1, 0.15) is 0 Å². The van der Waals surface area contributed by atoms with Gasteiger partial charge in [-0.15, -0.1) is 0 Å². The predicted molar refractivity (Wildman–Crippen MR) is 33.7 cm³/mol. The summed E-state index contributed by atoms with van der Waals surface area (Å²) < 4.78 is 21.9. The second-order valence-electron chi connectivity index (χ2n) is 2.43. The fraction of sp³-hybridized carbons (Fsp3) is 1.00. The van der Waals surface area contributed by atoms with Gasteiger partial charge in [-0.05, 0) is 0 Å². The van der Waals surface area contributed by atoms with E-state index in [1.807, 2.05) is 0 Å². The molecule has 0 unspecified atom stereocenters. The largest absolute Gasteiger partial charge is 0.387 e. The van der Waals surface area contributed by atoms with Crippen LogP contribution in [0.15, 0.2) is 0 Å². The predicted octanol–water partition coefficient (Wildman–Crippen LogP) is -0.951. The number of rotatable bonds is 1. The molecule has 2 N–H and O–H groups in total. The molecule has 1 fully saturated rings. The zero-order valence-electron chi connectivity index (χ0n) is 6.11. The summed E-state index contributed by atoms with van der Waals surface area (Å²) in [6.45, 7) is -0.239. The summed E-state index contributed by atoms with van der Waals surface area (Å²) in [5, 5.41) is 18.0. The maximum absolute atomic E-state index is 12.5. The molecule has 1 aliphatic heterocycles. The van der Waals surface area contributed by atoms with Crippen LogP contribution in [0.5, 0.6) is 0 Å². The Kier molecular flexibility index (Phi) is 2.78. The van der Waals surface area contributed by atoms with E-state index in [1.165, 1.54) is 7.11 Å². The van der Waals surface area contributed by atoms with E-state index < -0.39 is 24.7 Å². The smallest absolute Gasteiger partial charge is 0.185 e. The van der Waals surface area contributed by atoms with Gasteiger partial charge in [0.1, 0.15) is 12.2 Å². The minimum Gasteiger partial charge on any atom is -0.387 e. The Morgan fingerprint density at radius 2 is 2.09 bits per heavy atom. The number of halogens is 1. The quantitative estimate of drug-likeness (QED) is 0.527. The lowest BCUT2D eigenvalue weighted by molar-refractivity contribution is -0.251. The Bertz CT molecular complexity index is 130. The second-order valence-corrected chi connectivity index (χ2v) is 2.43. The number of ether oxygens (including phenoxy) is 2. The van der Waals surface area contributed by atoms with Gasteiger partial charge in [-0.25, -0.2) is 4.39 Å². The Morgan fingerprint density at radius 1 is 1.45 bits per heavy atom. The number of hydrogen-bond donors (Lipinski definition) is 2. The first kappa shape index (κ1) is 8.86. The highest BCUT2D eigenvalue weighted by Gasteiger charge is 2.38. The summed E-state index contributed by atoms with van der Waals surface area (Å²) in [7, 11) is 1.32. The summed E-state index contributed by atoms with van der Waals surface area (Å²) in [5.41, 5.74) is 0. The molecule has 0 saturated carbocycles. The summed E-state index contributed by atoms with van der Waals surface area (Å²) in [5.74, 6) is 0. The lowest BCUT2D eigenvalue weighted by atomic mass is 10.1. The molecular formula is C6H11FO4. The number of aliphatic hydroxyl groups is 2. The van der Waals surface area contributed by atoms with Gasteiger partial charge < -0.3 is 19.7 Å². The highest BCUT2D eigenvalue weighted by atomic mass is 19.1. The first-order chi connectivity index (χ1) is 5.16. The van der Waals surface area contributed by atoms with Crippen molar-refractivity contribution in [2.24, 2.45) is 0 Å². The van der Waals surface area contributed by atoms with E-state index >= 15 is 0 Å². The molecule has 4 nitrogen and oxygen atoms in total. The van der Waals surface area contributed by atoms with Crippen LogP contribution in [-0.4, -0.2) is 48.6 Å². The molecule has 0 aliphatic carbocycles. The van der Waals surface area contributed by atoms with Crippen molar-refractivity contribution in [3.63, 3.8) is 0 Å². The third-order valence-corrected chi connectivity index (χ3v) is 1.65. The molecule has 1 rings (SSSR count). The number of aliphatic hydroxyl groups excluding tert-OH is 2. The average molecular weight is 166 g/mol. The van der Waals surface area contributed by atoms with E-state index in [4.69, 9.17) is 14.9 Å². The Hall–Kier alpha value is -0.230. The van der Waals surface area contributed by atoms with Crippen LogP contribution in [0.4, 0.5) is 4.39 Å². The molecule has 0 bridgehead atoms. The van der Waals surface area contributed by atoms with Crippen molar-refractivity contribution < 1.29 is 24.1 Å². The van der Waals surface area contributed by atoms with E-state index in [9.17, 15) is 4.39 Å². The normalized spacial score (nSPS) is 45.8. The minimum atomic E-state index is -1.53. The minimum absolute atomic E-state index is 0.239. The fourth-order valence-electron chi connectivity index (χ4n) is 0.966. The summed E-state index contributed by atoms with van der Waals surface area (Å²) in [6, 6.07) is 0. The van der Waals surface area contributed by atoms with Gasteiger partial charge in [0, 0.05) is 7.11 Å². The molecule has 0 aromatic carbocycles. The van der Waals surface area contributed by atoms with Crippen LogP contribution in [0.3, 0.4) is 0 Å². The molecule has 11 heavy (non-hydrogen) atoms.